The molecule has 0 radical (unpaired) electrons. The average molecular weight is 635 g/mol. The molecule has 0 saturated carbocycles. The summed E-state index contributed by atoms with van der Waals surface area (Å²) in [6.07, 6.45) is 8.19. The van der Waals surface area contributed by atoms with Gasteiger partial charge >= 0.3 is 0 Å². The fourth-order valence-electron chi connectivity index (χ4n) is 7.91. The predicted octanol–water partition coefficient (Wildman–Crippen LogP) is 7.63. The second kappa shape index (κ2) is 14.1. The van der Waals surface area contributed by atoms with Gasteiger partial charge in [0.2, 0.25) is 0 Å². The van der Waals surface area contributed by atoms with E-state index in [0.717, 1.165) is 94.2 Å². The smallest absolute Gasteiger partial charge is 0.276 e. The van der Waals surface area contributed by atoms with E-state index in [4.69, 9.17) is 9.97 Å². The number of piperidine rings is 2. The second-order valence-corrected chi connectivity index (χ2v) is 14.3. The molecule has 7 nitrogen and oxygen atoms in total. The van der Waals surface area contributed by atoms with Crippen LogP contribution in [0.2, 0.25) is 0 Å². The zero-order valence-electron chi connectivity index (χ0n) is 28.2. The largest absolute Gasteiger partial charge is 0.363 e. The SMILES string of the molecule is Cc1nc2c3cc(C4CCN(C(C)C)CC4)c(=O)n(c3n1)CCCCCCCN1CCC(CC1)C(F)(F)c1cccc(c1)[C@@H](C)N2. The van der Waals surface area contributed by atoms with Crippen molar-refractivity contribution in [2.75, 3.05) is 38.0 Å². The molecule has 2 aromatic heterocycles. The van der Waals surface area contributed by atoms with Gasteiger partial charge < -0.3 is 15.1 Å². The molecule has 6 heterocycles. The van der Waals surface area contributed by atoms with E-state index < -0.39 is 11.8 Å². The van der Waals surface area contributed by atoms with Gasteiger partial charge in [-0.2, -0.15) is 0 Å². The van der Waals surface area contributed by atoms with E-state index in [1.807, 2.05) is 30.5 Å². The highest BCUT2D eigenvalue weighted by atomic mass is 19.3. The minimum absolute atomic E-state index is 0.0736. The van der Waals surface area contributed by atoms with E-state index in [2.05, 4.69) is 29.0 Å². The maximum atomic E-state index is 15.9. The molecule has 9 heteroatoms. The van der Waals surface area contributed by atoms with E-state index in [9.17, 15) is 4.79 Å². The first-order chi connectivity index (χ1) is 22.1. The van der Waals surface area contributed by atoms with Crippen LogP contribution >= 0.6 is 0 Å². The van der Waals surface area contributed by atoms with Crippen LogP contribution in [0.5, 0.6) is 0 Å². The van der Waals surface area contributed by atoms with Crippen molar-refractivity contribution in [2.24, 2.45) is 5.92 Å². The molecular formula is C37H52F2N6O. The molecular weight excluding hydrogens is 582 g/mol. The Morgan fingerprint density at radius 1 is 0.891 bits per heavy atom. The first-order valence-electron chi connectivity index (χ1n) is 17.7. The summed E-state index contributed by atoms with van der Waals surface area (Å²) in [5.74, 6) is -2.11. The number of rotatable bonds is 2. The van der Waals surface area contributed by atoms with Gasteiger partial charge in [-0.05, 0) is 123 Å². The third-order valence-electron chi connectivity index (χ3n) is 10.9. The Labute approximate surface area is 272 Å². The normalized spacial score (nSPS) is 25.4. The molecule has 0 amide bonds. The summed E-state index contributed by atoms with van der Waals surface area (Å²) in [6, 6.07) is 9.17. The topological polar surface area (TPSA) is 66.3 Å². The van der Waals surface area contributed by atoms with Crippen LogP contribution in [-0.4, -0.2) is 63.1 Å². The highest BCUT2D eigenvalue weighted by Crippen LogP contribution is 2.42. The molecule has 46 heavy (non-hydrogen) atoms. The zero-order valence-corrected chi connectivity index (χ0v) is 28.2. The van der Waals surface area contributed by atoms with Gasteiger partial charge in [0.1, 0.15) is 17.3 Å². The van der Waals surface area contributed by atoms with Gasteiger partial charge in [0.15, 0.2) is 0 Å². The summed E-state index contributed by atoms with van der Waals surface area (Å²) in [5.41, 5.74) is 2.47. The van der Waals surface area contributed by atoms with Crippen LogP contribution in [0.4, 0.5) is 14.6 Å². The summed E-state index contributed by atoms with van der Waals surface area (Å²) in [5, 5.41) is 4.39. The minimum atomic E-state index is -2.88. The number of likely N-dealkylation sites (tertiary alicyclic amines) is 1. The number of aryl methyl sites for hydroxylation is 2. The van der Waals surface area contributed by atoms with E-state index in [-0.39, 0.29) is 23.1 Å². The fourth-order valence-corrected chi connectivity index (χ4v) is 7.91. The molecule has 1 aromatic carbocycles. The quantitative estimate of drug-likeness (QED) is 0.313. The third kappa shape index (κ3) is 7.01. The molecule has 4 aliphatic heterocycles. The second-order valence-electron chi connectivity index (χ2n) is 14.3. The van der Waals surface area contributed by atoms with Crippen molar-refractivity contribution in [3.05, 3.63) is 63.2 Å². The summed E-state index contributed by atoms with van der Waals surface area (Å²) in [7, 11) is 0. The van der Waals surface area contributed by atoms with E-state index in [0.29, 0.717) is 42.7 Å². The highest BCUT2D eigenvalue weighted by Gasteiger charge is 2.42. The average Bonchev–Trinajstić information content (AvgIpc) is 3.05. The fraction of sp³-hybridized carbons (Fsp3) is 0.649. The number of hydrogen-bond donors (Lipinski definition) is 1. The maximum Gasteiger partial charge on any atom is 0.276 e. The van der Waals surface area contributed by atoms with Gasteiger partial charge in [-0.25, -0.2) is 18.7 Å². The summed E-state index contributed by atoms with van der Waals surface area (Å²) in [6.45, 7) is 13.3. The Kier molecular flexibility index (Phi) is 10.1. The van der Waals surface area contributed by atoms with Crippen molar-refractivity contribution < 1.29 is 8.78 Å². The standard InChI is InChI=1S/C37H52F2N6O/c1-25(2)44-21-13-28(14-22-44)32-24-33-34-40-26(3)29-11-10-12-31(23-29)37(38,39)30-15-19-43(20-16-30)17-8-6-5-7-9-18-45(36(32)46)35(33)42-27(4)41-34/h10-12,23-26,28,30H,5-9,13-22H2,1-4H3,(H,40,41,42)/t26-/m1/s1. The van der Waals surface area contributed by atoms with Crippen LogP contribution in [0, 0.1) is 12.8 Å². The number of nitrogens with zero attached hydrogens (tertiary/aromatic N) is 5. The van der Waals surface area contributed by atoms with Gasteiger partial charge in [0, 0.05) is 35.7 Å². The molecule has 4 aliphatic rings. The molecule has 3 aromatic rings. The van der Waals surface area contributed by atoms with Crippen LogP contribution in [0.15, 0.2) is 35.1 Å². The van der Waals surface area contributed by atoms with Crippen LogP contribution < -0.4 is 10.9 Å². The number of hydrogen-bond acceptors (Lipinski definition) is 6. The molecule has 7 rings (SSSR count). The van der Waals surface area contributed by atoms with Crippen LogP contribution in [0.3, 0.4) is 0 Å². The van der Waals surface area contributed by atoms with Crippen molar-refractivity contribution in [1.29, 1.82) is 0 Å². The molecule has 0 unspecified atom stereocenters. The van der Waals surface area contributed by atoms with E-state index in [1.54, 1.807) is 18.2 Å². The van der Waals surface area contributed by atoms with Gasteiger partial charge in [0.25, 0.3) is 11.5 Å². The summed E-state index contributed by atoms with van der Waals surface area (Å²) < 4.78 is 33.8. The van der Waals surface area contributed by atoms with Gasteiger partial charge in [-0.15, -0.1) is 0 Å². The number of benzene rings is 1. The number of nitrogens with one attached hydrogen (secondary N) is 1. The van der Waals surface area contributed by atoms with Gasteiger partial charge in [-0.1, -0.05) is 37.5 Å². The third-order valence-corrected chi connectivity index (χ3v) is 10.9. The first-order valence-corrected chi connectivity index (χ1v) is 17.7. The summed E-state index contributed by atoms with van der Waals surface area (Å²) >= 11 is 0. The van der Waals surface area contributed by atoms with E-state index >= 15 is 8.78 Å². The van der Waals surface area contributed by atoms with Crippen molar-refractivity contribution in [1.82, 2.24) is 24.3 Å². The van der Waals surface area contributed by atoms with Crippen molar-refractivity contribution >= 4 is 16.9 Å². The highest BCUT2D eigenvalue weighted by molar-refractivity contribution is 5.87. The Morgan fingerprint density at radius 3 is 2.30 bits per heavy atom. The van der Waals surface area contributed by atoms with Gasteiger partial charge in [0.05, 0.1) is 5.39 Å². The number of anilines is 1. The number of fused-ring (bicyclic) bond motifs is 9. The first kappa shape index (κ1) is 33.0. The maximum absolute atomic E-state index is 15.9. The monoisotopic (exact) mass is 634 g/mol. The van der Waals surface area contributed by atoms with Gasteiger partial charge in [-0.3, -0.25) is 9.36 Å². The van der Waals surface area contributed by atoms with Crippen molar-refractivity contribution in [3.63, 3.8) is 0 Å². The number of halogens is 2. The Bertz CT molecular complexity index is 1560. The molecule has 0 spiro atoms. The van der Waals surface area contributed by atoms with Crippen LogP contribution in [0.1, 0.15) is 113 Å². The summed E-state index contributed by atoms with van der Waals surface area (Å²) in [4.78, 5) is 28.7. The zero-order chi connectivity index (χ0) is 32.4. The molecule has 0 aliphatic carbocycles. The Hall–Kier alpha value is -2.91. The predicted molar refractivity (Wildman–Crippen MR) is 182 cm³/mol. The van der Waals surface area contributed by atoms with Crippen molar-refractivity contribution in [3.8, 4) is 0 Å². The number of aromatic nitrogens is 3. The molecule has 8 bridgehead atoms. The molecule has 1 atom stereocenters. The molecule has 2 fully saturated rings. The minimum Gasteiger partial charge on any atom is -0.363 e. The van der Waals surface area contributed by atoms with Crippen LogP contribution in [0.25, 0.3) is 11.0 Å². The number of pyridine rings is 1. The lowest BCUT2D eigenvalue weighted by Crippen LogP contribution is -2.40. The molecule has 1 N–H and O–H groups in total. The van der Waals surface area contributed by atoms with Crippen molar-refractivity contribution in [2.45, 2.75) is 116 Å². The van der Waals surface area contributed by atoms with Crippen LogP contribution in [-0.2, 0) is 12.5 Å². The lowest BCUT2D eigenvalue weighted by molar-refractivity contribution is -0.0855. The number of alkyl halides is 2. The lowest BCUT2D eigenvalue weighted by atomic mass is 9.85. The molecule has 2 saturated heterocycles. The Balaban J connectivity index is 1.39. The Morgan fingerprint density at radius 2 is 1.59 bits per heavy atom. The molecule has 250 valence electrons. The van der Waals surface area contributed by atoms with E-state index in [1.165, 1.54) is 0 Å². The lowest BCUT2D eigenvalue weighted by Gasteiger charge is -2.36.